The van der Waals surface area contributed by atoms with E-state index in [1.165, 1.54) is 12.3 Å². The van der Waals surface area contributed by atoms with E-state index in [4.69, 9.17) is 0 Å². The lowest BCUT2D eigenvalue weighted by Gasteiger charge is -1.94. The fourth-order valence-electron chi connectivity index (χ4n) is 0.595. The van der Waals surface area contributed by atoms with Crippen LogP contribution >= 0.6 is 0 Å². The van der Waals surface area contributed by atoms with Gasteiger partial charge in [-0.2, -0.15) is 0 Å². The van der Waals surface area contributed by atoms with Gasteiger partial charge in [-0.25, -0.2) is 4.39 Å². The van der Waals surface area contributed by atoms with Crippen molar-refractivity contribution in [2.24, 2.45) is 0 Å². The number of hydrogen-bond acceptors (Lipinski definition) is 1. The number of hydrogen-bond donors (Lipinski definition) is 0. The Morgan fingerprint density at radius 2 is 2.11 bits per heavy atom. The maximum Gasteiger partial charge on any atom is 0.129 e. The summed E-state index contributed by atoms with van der Waals surface area (Å²) >= 11 is 0. The molecule has 1 rings (SSSR count). The van der Waals surface area contributed by atoms with Crippen LogP contribution in [0, 0.1) is 19.7 Å². The van der Waals surface area contributed by atoms with Gasteiger partial charge in [0.2, 0.25) is 0 Å². The summed E-state index contributed by atoms with van der Waals surface area (Å²) in [6.45, 7) is 3.46. The van der Waals surface area contributed by atoms with E-state index in [0.29, 0.717) is 5.56 Å². The molecular weight excluding hydrogens is 117 g/mol. The minimum Gasteiger partial charge on any atom is -0.261 e. The number of halogens is 1. The van der Waals surface area contributed by atoms with Gasteiger partial charge >= 0.3 is 0 Å². The van der Waals surface area contributed by atoms with Gasteiger partial charge in [0.05, 0.1) is 0 Å². The van der Waals surface area contributed by atoms with Crippen molar-refractivity contribution in [3.8, 4) is 0 Å². The second kappa shape index (κ2) is 2.13. The predicted octanol–water partition coefficient (Wildman–Crippen LogP) is 1.84. The Bertz CT molecular complexity index is 220. The predicted molar refractivity (Wildman–Crippen MR) is 33.7 cm³/mol. The smallest absolute Gasteiger partial charge is 0.129 e. The fourth-order valence-corrected chi connectivity index (χ4v) is 0.595. The highest BCUT2D eigenvalue weighted by atomic mass is 19.1. The monoisotopic (exact) mass is 125 g/mol. The van der Waals surface area contributed by atoms with Gasteiger partial charge in [0.1, 0.15) is 5.82 Å². The van der Waals surface area contributed by atoms with Crippen molar-refractivity contribution >= 4 is 0 Å². The van der Waals surface area contributed by atoms with Gasteiger partial charge in [0, 0.05) is 17.5 Å². The lowest BCUT2D eigenvalue weighted by Crippen LogP contribution is -1.86. The largest absolute Gasteiger partial charge is 0.261 e. The Labute approximate surface area is 53.5 Å². The lowest BCUT2D eigenvalue weighted by atomic mass is 10.3. The Morgan fingerprint density at radius 3 is 2.56 bits per heavy atom. The molecule has 0 saturated heterocycles. The molecule has 0 fully saturated rings. The zero-order valence-electron chi connectivity index (χ0n) is 5.48. The number of aryl methyl sites for hydroxylation is 2. The Morgan fingerprint density at radius 1 is 1.44 bits per heavy atom. The van der Waals surface area contributed by atoms with Crippen molar-refractivity contribution < 1.29 is 4.39 Å². The van der Waals surface area contributed by atoms with E-state index in [-0.39, 0.29) is 5.82 Å². The van der Waals surface area contributed by atoms with E-state index in [9.17, 15) is 4.39 Å². The summed E-state index contributed by atoms with van der Waals surface area (Å²) < 4.78 is 12.5. The summed E-state index contributed by atoms with van der Waals surface area (Å²) in [4.78, 5) is 3.90. The molecule has 0 bridgehead atoms. The van der Waals surface area contributed by atoms with Crippen molar-refractivity contribution in [2.75, 3.05) is 0 Å². The van der Waals surface area contributed by atoms with E-state index < -0.39 is 0 Å². The number of aromatic nitrogens is 1. The lowest BCUT2D eigenvalue weighted by molar-refractivity contribution is 0.614. The normalized spacial score (nSPS) is 9.67. The Hall–Kier alpha value is -0.920. The topological polar surface area (TPSA) is 12.9 Å². The van der Waals surface area contributed by atoms with E-state index in [1.807, 2.05) is 0 Å². The molecule has 0 amide bonds. The average Bonchev–Trinajstić information content (AvgIpc) is 1.80. The van der Waals surface area contributed by atoms with Crippen LogP contribution in [-0.2, 0) is 0 Å². The summed E-state index contributed by atoms with van der Waals surface area (Å²) in [6.07, 6.45) is 1.53. The van der Waals surface area contributed by atoms with Gasteiger partial charge in [0.15, 0.2) is 0 Å². The molecule has 1 nitrogen and oxygen atoms in total. The maximum atomic E-state index is 12.5. The van der Waals surface area contributed by atoms with Crippen LogP contribution in [0.3, 0.4) is 0 Å². The quantitative estimate of drug-likeness (QED) is 0.515. The van der Waals surface area contributed by atoms with Crippen LogP contribution in [0.25, 0.3) is 0 Å². The minimum atomic E-state index is -0.178. The van der Waals surface area contributed by atoms with Crippen LogP contribution in [0.2, 0.25) is 0 Å². The van der Waals surface area contributed by atoms with E-state index in [1.54, 1.807) is 13.8 Å². The summed E-state index contributed by atoms with van der Waals surface area (Å²) in [5.41, 5.74) is 1.32. The van der Waals surface area contributed by atoms with Gasteiger partial charge in [0.25, 0.3) is 0 Å². The molecule has 0 saturated carbocycles. The molecule has 9 heavy (non-hydrogen) atoms. The highest BCUT2D eigenvalue weighted by Crippen LogP contribution is 2.03. The molecule has 0 spiro atoms. The zero-order chi connectivity index (χ0) is 6.85. The third-order valence-corrected chi connectivity index (χ3v) is 1.17. The third kappa shape index (κ3) is 1.25. The maximum absolute atomic E-state index is 12.5. The first-order valence-corrected chi connectivity index (χ1v) is 2.79. The van der Waals surface area contributed by atoms with Crippen LogP contribution in [0.5, 0.6) is 0 Å². The number of rotatable bonds is 0. The van der Waals surface area contributed by atoms with Gasteiger partial charge in [-0.15, -0.1) is 0 Å². The van der Waals surface area contributed by atoms with Crippen LogP contribution in [0.4, 0.5) is 4.39 Å². The summed E-state index contributed by atoms with van der Waals surface area (Å²) in [5.74, 6) is -0.178. The molecule has 0 unspecified atom stereocenters. The van der Waals surface area contributed by atoms with Crippen molar-refractivity contribution in [1.29, 1.82) is 0 Å². The van der Waals surface area contributed by atoms with Crippen molar-refractivity contribution in [2.45, 2.75) is 13.8 Å². The summed E-state index contributed by atoms with van der Waals surface area (Å²) in [6, 6.07) is 1.43. The molecule has 0 aromatic carbocycles. The van der Waals surface area contributed by atoms with Crippen molar-refractivity contribution in [3.63, 3.8) is 0 Å². The molecule has 2 heteroatoms. The molecule has 0 aliphatic carbocycles. The number of nitrogens with zero attached hydrogens (tertiary/aromatic N) is 1. The molecule has 0 aliphatic rings. The molecule has 48 valence electrons. The molecule has 0 aliphatic heterocycles. The Balaban J connectivity index is 3.17. The molecule has 1 heterocycles. The zero-order valence-corrected chi connectivity index (χ0v) is 5.48. The van der Waals surface area contributed by atoms with Gasteiger partial charge in [-0.05, 0) is 19.9 Å². The first-order chi connectivity index (χ1) is 4.20. The van der Waals surface area contributed by atoms with Gasteiger partial charge in [-0.3, -0.25) is 4.98 Å². The van der Waals surface area contributed by atoms with Gasteiger partial charge < -0.3 is 0 Å². The second-order valence-electron chi connectivity index (χ2n) is 2.07. The summed E-state index contributed by atoms with van der Waals surface area (Å²) in [7, 11) is 0. The van der Waals surface area contributed by atoms with E-state index in [0.717, 1.165) is 5.69 Å². The molecule has 0 N–H and O–H groups in total. The molecular formula is C7H8FN. The second-order valence-corrected chi connectivity index (χ2v) is 2.07. The van der Waals surface area contributed by atoms with Crippen LogP contribution in [0.1, 0.15) is 11.3 Å². The molecule has 1 aromatic heterocycles. The van der Waals surface area contributed by atoms with Crippen LogP contribution < -0.4 is 0 Å². The summed E-state index contributed by atoms with van der Waals surface area (Å²) in [5, 5.41) is 0. The SMILES string of the molecule is Cc1cc(F)c(C)cn1. The molecule has 0 atom stereocenters. The van der Waals surface area contributed by atoms with E-state index in [2.05, 4.69) is 4.98 Å². The van der Waals surface area contributed by atoms with E-state index >= 15 is 0 Å². The standard InChI is InChI=1S/C7H8FN/c1-5-4-9-6(2)3-7(5)8/h3-4H,1-2H3. The van der Waals surface area contributed by atoms with Crippen LogP contribution in [0.15, 0.2) is 12.3 Å². The highest BCUT2D eigenvalue weighted by Gasteiger charge is 1.94. The van der Waals surface area contributed by atoms with Crippen molar-refractivity contribution in [3.05, 3.63) is 29.3 Å². The Kier molecular flexibility index (Phi) is 1.47. The molecule has 0 radical (unpaired) electrons. The minimum absolute atomic E-state index is 0.178. The first kappa shape index (κ1) is 6.20. The van der Waals surface area contributed by atoms with Gasteiger partial charge in [-0.1, -0.05) is 0 Å². The number of pyridine rings is 1. The highest BCUT2D eigenvalue weighted by molar-refractivity contribution is 5.13. The fraction of sp³-hybridized carbons (Fsp3) is 0.286. The molecule has 1 aromatic rings. The third-order valence-electron chi connectivity index (χ3n) is 1.17. The van der Waals surface area contributed by atoms with Crippen molar-refractivity contribution in [1.82, 2.24) is 4.98 Å². The average molecular weight is 125 g/mol. The first-order valence-electron chi connectivity index (χ1n) is 2.79. The van der Waals surface area contributed by atoms with Crippen LogP contribution in [-0.4, -0.2) is 4.98 Å².